The topological polar surface area (TPSA) is 90.9 Å². The van der Waals surface area contributed by atoms with Gasteiger partial charge in [0.05, 0.1) is 23.8 Å². The Labute approximate surface area is 181 Å². The third-order valence-electron chi connectivity index (χ3n) is 3.59. The predicted octanol–water partition coefficient (Wildman–Crippen LogP) is 4.73. The second-order valence-corrected chi connectivity index (χ2v) is 7.48. The molecule has 0 saturated carbocycles. The van der Waals surface area contributed by atoms with Crippen molar-refractivity contribution in [2.45, 2.75) is 20.8 Å². The summed E-state index contributed by atoms with van der Waals surface area (Å²) in [5.74, 6) is -1.54. The number of halogens is 2. The normalized spacial score (nSPS) is 10.4. The van der Waals surface area contributed by atoms with Crippen LogP contribution in [0.15, 0.2) is 18.2 Å². The minimum atomic E-state index is -0.647. The maximum Gasteiger partial charge on any atom is 0.348 e. The Balaban J connectivity index is 2.22. The van der Waals surface area contributed by atoms with Crippen LogP contribution < -0.4 is 10.1 Å². The van der Waals surface area contributed by atoms with Gasteiger partial charge in [-0.25, -0.2) is 9.59 Å². The first-order chi connectivity index (χ1) is 13.8. The van der Waals surface area contributed by atoms with Gasteiger partial charge in [0, 0.05) is 11.1 Å². The molecule has 0 saturated heterocycles. The zero-order valence-electron chi connectivity index (χ0n) is 16.0. The van der Waals surface area contributed by atoms with Crippen molar-refractivity contribution in [1.29, 1.82) is 0 Å². The van der Waals surface area contributed by atoms with Gasteiger partial charge in [-0.05, 0) is 38.5 Å². The van der Waals surface area contributed by atoms with Gasteiger partial charge >= 0.3 is 11.9 Å². The van der Waals surface area contributed by atoms with Gasteiger partial charge in [-0.3, -0.25) is 4.79 Å². The number of carbonyl (C=O) groups excluding carboxylic acids is 3. The fourth-order valence-corrected chi connectivity index (χ4v) is 3.77. The van der Waals surface area contributed by atoms with Gasteiger partial charge in [-0.2, -0.15) is 0 Å². The van der Waals surface area contributed by atoms with E-state index >= 15 is 0 Å². The van der Waals surface area contributed by atoms with E-state index < -0.39 is 17.8 Å². The number of hydrogen-bond acceptors (Lipinski definition) is 7. The SMILES string of the molecule is CCOC(=O)c1sc(NC(=O)COc2cc(Cl)ccc2Cl)c(C(=O)OCC)c1C. The molecule has 0 bridgehead atoms. The third-order valence-corrected chi connectivity index (χ3v) is 5.33. The highest BCUT2D eigenvalue weighted by molar-refractivity contribution is 7.18. The van der Waals surface area contributed by atoms with Crippen LogP contribution in [0, 0.1) is 6.92 Å². The van der Waals surface area contributed by atoms with E-state index in [1.54, 1.807) is 32.9 Å². The molecule has 2 aromatic rings. The van der Waals surface area contributed by atoms with Crippen molar-refractivity contribution in [1.82, 2.24) is 0 Å². The van der Waals surface area contributed by atoms with Crippen molar-refractivity contribution in [3.63, 3.8) is 0 Å². The molecule has 0 aliphatic rings. The molecule has 0 unspecified atom stereocenters. The maximum absolute atomic E-state index is 12.4. The van der Waals surface area contributed by atoms with Crippen molar-refractivity contribution >= 4 is 57.4 Å². The first kappa shape index (κ1) is 23.0. The van der Waals surface area contributed by atoms with Crippen LogP contribution in [0.4, 0.5) is 5.00 Å². The van der Waals surface area contributed by atoms with Crippen LogP contribution in [0.3, 0.4) is 0 Å². The Bertz CT molecular complexity index is 928. The Morgan fingerprint density at radius 2 is 1.72 bits per heavy atom. The second-order valence-electron chi connectivity index (χ2n) is 5.61. The van der Waals surface area contributed by atoms with E-state index in [0.29, 0.717) is 15.6 Å². The van der Waals surface area contributed by atoms with Crippen LogP contribution in [0.2, 0.25) is 10.0 Å². The van der Waals surface area contributed by atoms with Gasteiger partial charge in [0.25, 0.3) is 5.91 Å². The lowest BCUT2D eigenvalue weighted by Crippen LogP contribution is -2.21. The number of hydrogen-bond donors (Lipinski definition) is 1. The van der Waals surface area contributed by atoms with Gasteiger partial charge < -0.3 is 19.5 Å². The van der Waals surface area contributed by atoms with E-state index in [1.807, 2.05) is 0 Å². The van der Waals surface area contributed by atoms with Crippen molar-refractivity contribution < 1.29 is 28.6 Å². The van der Waals surface area contributed by atoms with Gasteiger partial charge in [-0.15, -0.1) is 11.3 Å². The average molecular weight is 460 g/mol. The number of esters is 2. The van der Waals surface area contributed by atoms with Gasteiger partial charge in [0.15, 0.2) is 6.61 Å². The average Bonchev–Trinajstić information content (AvgIpc) is 2.99. The molecule has 1 amide bonds. The molecule has 1 heterocycles. The van der Waals surface area contributed by atoms with Crippen LogP contribution >= 0.6 is 34.5 Å². The number of rotatable bonds is 8. The van der Waals surface area contributed by atoms with E-state index in [4.69, 9.17) is 37.4 Å². The number of thiophene rings is 1. The first-order valence-electron chi connectivity index (χ1n) is 8.63. The summed E-state index contributed by atoms with van der Waals surface area (Å²) in [5.41, 5.74) is 0.482. The van der Waals surface area contributed by atoms with Gasteiger partial charge in [-0.1, -0.05) is 23.2 Å². The molecular formula is C19H19Cl2NO6S. The van der Waals surface area contributed by atoms with Crippen molar-refractivity contribution in [2.24, 2.45) is 0 Å². The van der Waals surface area contributed by atoms with Crippen molar-refractivity contribution in [3.8, 4) is 5.75 Å². The van der Waals surface area contributed by atoms with Crippen molar-refractivity contribution in [3.05, 3.63) is 44.2 Å². The molecule has 10 heteroatoms. The molecule has 1 aromatic carbocycles. The first-order valence-corrected chi connectivity index (χ1v) is 10.2. The standard InChI is InChI=1S/C19H19Cl2NO6S/c1-4-26-18(24)15-10(3)16(19(25)27-5-2)29-17(15)22-14(23)9-28-13-8-11(20)6-7-12(13)21/h6-8H,4-5,9H2,1-3H3,(H,22,23). The molecule has 0 spiro atoms. The monoisotopic (exact) mass is 459 g/mol. The highest BCUT2D eigenvalue weighted by atomic mass is 35.5. The molecule has 0 atom stereocenters. The molecule has 0 fully saturated rings. The largest absolute Gasteiger partial charge is 0.482 e. The van der Waals surface area contributed by atoms with E-state index in [9.17, 15) is 14.4 Å². The number of nitrogens with one attached hydrogen (secondary N) is 1. The summed E-state index contributed by atoms with van der Waals surface area (Å²) >= 11 is 12.8. The van der Waals surface area contributed by atoms with Crippen LogP contribution in [-0.2, 0) is 14.3 Å². The minimum Gasteiger partial charge on any atom is -0.482 e. The molecule has 1 aromatic heterocycles. The zero-order valence-corrected chi connectivity index (χ0v) is 18.3. The third kappa shape index (κ3) is 5.85. The lowest BCUT2D eigenvalue weighted by molar-refractivity contribution is -0.118. The lowest BCUT2D eigenvalue weighted by atomic mass is 10.1. The predicted molar refractivity (Wildman–Crippen MR) is 112 cm³/mol. The summed E-state index contributed by atoms with van der Waals surface area (Å²) in [7, 11) is 0. The molecule has 0 radical (unpaired) electrons. The van der Waals surface area contributed by atoms with E-state index in [0.717, 1.165) is 11.3 Å². The quantitative estimate of drug-likeness (QED) is 0.573. The second kappa shape index (κ2) is 10.5. The lowest BCUT2D eigenvalue weighted by Gasteiger charge is -2.09. The van der Waals surface area contributed by atoms with E-state index in [1.165, 1.54) is 6.07 Å². The van der Waals surface area contributed by atoms with Gasteiger partial charge in [0.2, 0.25) is 0 Å². The Kier molecular flexibility index (Phi) is 8.31. The number of amides is 1. The Morgan fingerprint density at radius 1 is 1.07 bits per heavy atom. The number of anilines is 1. The molecule has 156 valence electrons. The summed E-state index contributed by atoms with van der Waals surface area (Å²) in [4.78, 5) is 37.1. The highest BCUT2D eigenvalue weighted by Crippen LogP contribution is 2.34. The molecule has 1 N–H and O–H groups in total. The zero-order chi connectivity index (χ0) is 21.6. The van der Waals surface area contributed by atoms with Crippen LogP contribution in [-0.4, -0.2) is 37.7 Å². The fourth-order valence-electron chi connectivity index (χ4n) is 2.34. The summed E-state index contributed by atoms with van der Waals surface area (Å²) in [6.45, 7) is 4.87. The number of carbonyl (C=O) groups is 3. The molecular weight excluding hydrogens is 441 g/mol. The molecule has 29 heavy (non-hydrogen) atoms. The van der Waals surface area contributed by atoms with Crippen LogP contribution in [0.25, 0.3) is 0 Å². The smallest absolute Gasteiger partial charge is 0.348 e. The summed E-state index contributed by atoms with van der Waals surface area (Å²) < 4.78 is 15.4. The maximum atomic E-state index is 12.4. The summed E-state index contributed by atoms with van der Waals surface area (Å²) in [6, 6.07) is 4.62. The fraction of sp³-hybridized carbons (Fsp3) is 0.316. The Morgan fingerprint density at radius 3 is 2.38 bits per heavy atom. The number of benzene rings is 1. The van der Waals surface area contributed by atoms with Crippen LogP contribution in [0.1, 0.15) is 39.4 Å². The molecule has 2 rings (SSSR count). The van der Waals surface area contributed by atoms with Crippen LogP contribution in [0.5, 0.6) is 5.75 Å². The molecule has 0 aliphatic carbocycles. The molecule has 7 nitrogen and oxygen atoms in total. The molecule has 0 aliphatic heterocycles. The van der Waals surface area contributed by atoms with E-state index in [2.05, 4.69) is 5.32 Å². The highest BCUT2D eigenvalue weighted by Gasteiger charge is 2.27. The van der Waals surface area contributed by atoms with E-state index in [-0.39, 0.29) is 41.0 Å². The minimum absolute atomic E-state index is 0.106. The Hall–Kier alpha value is -2.29. The van der Waals surface area contributed by atoms with Gasteiger partial charge in [0.1, 0.15) is 15.6 Å². The summed E-state index contributed by atoms with van der Waals surface area (Å²) in [5, 5.41) is 3.46. The summed E-state index contributed by atoms with van der Waals surface area (Å²) in [6.07, 6.45) is 0. The van der Waals surface area contributed by atoms with Crippen molar-refractivity contribution in [2.75, 3.05) is 25.1 Å². The number of ether oxygens (including phenoxy) is 3.